The Kier molecular flexibility index (Phi) is 7.46. The van der Waals surface area contributed by atoms with Crippen molar-refractivity contribution in [2.45, 2.75) is 111 Å². The normalized spacial score (nSPS) is 36.1. The number of benzene rings is 1. The third-order valence-corrected chi connectivity index (χ3v) is 11.2. The quantitative estimate of drug-likeness (QED) is 0.349. The van der Waals surface area contributed by atoms with E-state index in [1.807, 2.05) is 30.3 Å². The number of fused-ring (bicyclic) bond motifs is 4. The van der Waals surface area contributed by atoms with E-state index in [9.17, 15) is 9.59 Å². The van der Waals surface area contributed by atoms with Crippen LogP contribution in [0.3, 0.4) is 0 Å². The summed E-state index contributed by atoms with van der Waals surface area (Å²) in [4.78, 5) is 26.3. The zero-order valence-electron chi connectivity index (χ0n) is 23.9. The Balaban J connectivity index is 1.30. The van der Waals surface area contributed by atoms with Gasteiger partial charge in [0.1, 0.15) is 6.10 Å². The molecule has 4 aliphatic rings. The first kappa shape index (κ1) is 26.7. The van der Waals surface area contributed by atoms with Crippen LogP contribution in [-0.4, -0.2) is 17.9 Å². The van der Waals surface area contributed by atoms with Gasteiger partial charge in [-0.15, -0.1) is 0 Å². The van der Waals surface area contributed by atoms with Crippen molar-refractivity contribution in [2.24, 2.45) is 40.4 Å². The molecular formula is C34H48O3. The largest absolute Gasteiger partial charge is 0.459 e. The standard InChI is InChI=1S/C34H48O3/c1-22(2)10-9-11-23(3)29-21-30(35)31-27-15-14-25-20-26(37-32(36)24-12-7-6-8-13-24)16-18-33(25,4)28(27)17-19-34(29,31)5/h6-8,12-13,22-23,25-26,28-29H,9-11,14-21H2,1-5H3/t23-,25+,26-,28+,29-,33+,34-/m1/s1. The van der Waals surface area contributed by atoms with Gasteiger partial charge in [0.05, 0.1) is 5.56 Å². The van der Waals surface area contributed by atoms with E-state index in [4.69, 9.17) is 4.74 Å². The van der Waals surface area contributed by atoms with Gasteiger partial charge in [-0.05, 0) is 97.5 Å². The van der Waals surface area contributed by atoms with E-state index in [1.54, 1.807) is 0 Å². The highest BCUT2D eigenvalue weighted by atomic mass is 16.5. The van der Waals surface area contributed by atoms with Gasteiger partial charge in [0.25, 0.3) is 0 Å². The second kappa shape index (κ2) is 10.3. The van der Waals surface area contributed by atoms with Crippen molar-refractivity contribution in [1.29, 1.82) is 0 Å². The lowest BCUT2D eigenvalue weighted by Gasteiger charge is -2.56. The van der Waals surface area contributed by atoms with Gasteiger partial charge in [0.15, 0.2) is 5.78 Å². The molecule has 4 aliphatic carbocycles. The lowest BCUT2D eigenvalue weighted by molar-refractivity contribution is -0.115. The van der Waals surface area contributed by atoms with Gasteiger partial charge in [0.2, 0.25) is 0 Å². The van der Waals surface area contributed by atoms with E-state index >= 15 is 0 Å². The van der Waals surface area contributed by atoms with Gasteiger partial charge in [-0.3, -0.25) is 4.79 Å². The molecule has 0 N–H and O–H groups in total. The summed E-state index contributed by atoms with van der Waals surface area (Å²) in [5, 5.41) is 0. The fourth-order valence-corrected chi connectivity index (χ4v) is 9.10. The minimum Gasteiger partial charge on any atom is -0.459 e. The van der Waals surface area contributed by atoms with Crippen LogP contribution in [0.5, 0.6) is 0 Å². The van der Waals surface area contributed by atoms with E-state index in [0.717, 1.165) is 50.9 Å². The number of carbonyl (C=O) groups excluding carboxylic acids is 2. The number of allylic oxidation sites excluding steroid dienone is 2. The molecule has 1 aromatic carbocycles. The topological polar surface area (TPSA) is 43.4 Å². The molecule has 0 saturated heterocycles. The smallest absolute Gasteiger partial charge is 0.338 e. The molecule has 3 saturated carbocycles. The minimum atomic E-state index is -0.189. The summed E-state index contributed by atoms with van der Waals surface area (Å²) in [5.74, 6) is 3.25. The van der Waals surface area contributed by atoms with Gasteiger partial charge in [-0.1, -0.05) is 77.7 Å². The van der Waals surface area contributed by atoms with Crippen molar-refractivity contribution in [3.63, 3.8) is 0 Å². The lowest BCUT2D eigenvalue weighted by atomic mass is 9.48. The molecule has 3 heteroatoms. The summed E-state index contributed by atoms with van der Waals surface area (Å²) in [6.07, 6.45) is 12.2. The molecule has 0 amide bonds. The van der Waals surface area contributed by atoms with Crippen LogP contribution in [0.15, 0.2) is 41.5 Å². The van der Waals surface area contributed by atoms with Crippen LogP contribution in [0, 0.1) is 40.4 Å². The van der Waals surface area contributed by atoms with Crippen molar-refractivity contribution in [3.05, 3.63) is 47.0 Å². The molecule has 1 aromatic rings. The second-order valence-electron chi connectivity index (χ2n) is 13.9. The number of carbonyl (C=O) groups is 2. The van der Waals surface area contributed by atoms with E-state index in [1.165, 1.54) is 36.8 Å². The average Bonchev–Trinajstić information content (AvgIpc) is 3.15. The lowest BCUT2D eigenvalue weighted by Crippen LogP contribution is -2.49. The molecule has 37 heavy (non-hydrogen) atoms. The number of rotatable bonds is 7. The second-order valence-corrected chi connectivity index (χ2v) is 13.9. The molecule has 202 valence electrons. The maximum atomic E-state index is 13.6. The zero-order chi connectivity index (χ0) is 26.4. The summed E-state index contributed by atoms with van der Waals surface area (Å²) in [6, 6.07) is 9.39. The number of ketones is 1. The van der Waals surface area contributed by atoms with E-state index in [-0.39, 0.29) is 22.9 Å². The Morgan fingerprint density at radius 2 is 1.78 bits per heavy atom. The van der Waals surface area contributed by atoms with Crippen LogP contribution < -0.4 is 0 Å². The van der Waals surface area contributed by atoms with Crippen molar-refractivity contribution in [1.82, 2.24) is 0 Å². The Bertz CT molecular complexity index is 1040. The first-order valence-corrected chi connectivity index (χ1v) is 15.2. The van der Waals surface area contributed by atoms with E-state index < -0.39 is 0 Å². The monoisotopic (exact) mass is 504 g/mol. The summed E-state index contributed by atoms with van der Waals surface area (Å²) < 4.78 is 5.99. The Hall–Kier alpha value is -1.90. The molecule has 0 heterocycles. The molecular weight excluding hydrogens is 456 g/mol. The van der Waals surface area contributed by atoms with Gasteiger partial charge in [0, 0.05) is 12.0 Å². The summed E-state index contributed by atoms with van der Waals surface area (Å²) in [5.41, 5.74) is 3.74. The van der Waals surface area contributed by atoms with Crippen molar-refractivity contribution < 1.29 is 14.3 Å². The van der Waals surface area contributed by atoms with Gasteiger partial charge >= 0.3 is 5.97 Å². The Morgan fingerprint density at radius 3 is 2.51 bits per heavy atom. The predicted molar refractivity (Wildman–Crippen MR) is 149 cm³/mol. The first-order chi connectivity index (χ1) is 17.6. The molecule has 0 bridgehead atoms. The van der Waals surface area contributed by atoms with Crippen LogP contribution in [-0.2, 0) is 9.53 Å². The molecule has 5 rings (SSSR count). The van der Waals surface area contributed by atoms with Crippen LogP contribution >= 0.6 is 0 Å². The maximum absolute atomic E-state index is 13.6. The summed E-state index contributed by atoms with van der Waals surface area (Å²) in [7, 11) is 0. The van der Waals surface area contributed by atoms with E-state index in [0.29, 0.717) is 35.0 Å². The minimum absolute atomic E-state index is 0.0121. The summed E-state index contributed by atoms with van der Waals surface area (Å²) in [6.45, 7) is 12.0. The highest BCUT2D eigenvalue weighted by molar-refractivity contribution is 6.00. The van der Waals surface area contributed by atoms with Crippen molar-refractivity contribution >= 4 is 11.8 Å². The van der Waals surface area contributed by atoms with Crippen LogP contribution in [0.1, 0.15) is 116 Å². The zero-order valence-corrected chi connectivity index (χ0v) is 23.9. The highest BCUT2D eigenvalue weighted by Crippen LogP contribution is 2.65. The molecule has 3 fully saturated rings. The first-order valence-electron chi connectivity index (χ1n) is 15.2. The average molecular weight is 505 g/mol. The van der Waals surface area contributed by atoms with Crippen molar-refractivity contribution in [3.8, 4) is 0 Å². The van der Waals surface area contributed by atoms with Gasteiger partial charge in [-0.2, -0.15) is 0 Å². The predicted octanol–water partition coefficient (Wildman–Crippen LogP) is 8.58. The number of hydrogen-bond donors (Lipinski definition) is 0. The fourth-order valence-electron chi connectivity index (χ4n) is 9.10. The number of ether oxygens (including phenoxy) is 1. The maximum Gasteiger partial charge on any atom is 0.338 e. The van der Waals surface area contributed by atoms with Gasteiger partial charge < -0.3 is 4.74 Å². The van der Waals surface area contributed by atoms with Crippen LogP contribution in [0.25, 0.3) is 0 Å². The van der Waals surface area contributed by atoms with Crippen LogP contribution in [0.2, 0.25) is 0 Å². The molecule has 0 radical (unpaired) electrons. The number of hydrogen-bond acceptors (Lipinski definition) is 3. The number of Topliss-reactive ketones (excluding diaryl/α,β-unsaturated/α-hetero) is 1. The molecule has 0 aliphatic heterocycles. The highest BCUT2D eigenvalue weighted by Gasteiger charge is 2.58. The third-order valence-electron chi connectivity index (χ3n) is 11.2. The Morgan fingerprint density at radius 1 is 1.03 bits per heavy atom. The number of esters is 1. The molecule has 0 aromatic heterocycles. The molecule has 0 unspecified atom stereocenters. The molecule has 3 nitrogen and oxygen atoms in total. The molecule has 0 spiro atoms. The molecule has 7 atom stereocenters. The third kappa shape index (κ3) is 4.85. The van der Waals surface area contributed by atoms with E-state index in [2.05, 4.69) is 34.6 Å². The van der Waals surface area contributed by atoms with Gasteiger partial charge in [-0.25, -0.2) is 4.79 Å². The Labute approximate surface area is 224 Å². The fraction of sp³-hybridized carbons (Fsp3) is 0.706. The van der Waals surface area contributed by atoms with Crippen molar-refractivity contribution in [2.75, 3.05) is 0 Å². The summed E-state index contributed by atoms with van der Waals surface area (Å²) >= 11 is 0. The SMILES string of the molecule is CC(C)CCC[C@@H](C)[C@H]1CC(=O)C2=C3CC[C@H]4C[C@H](OC(=O)c5ccccc5)CC[C@]4(C)[C@H]3CC[C@@]21C. The van der Waals surface area contributed by atoms with Crippen LogP contribution in [0.4, 0.5) is 0 Å².